The van der Waals surface area contributed by atoms with E-state index in [9.17, 15) is 9.90 Å². The van der Waals surface area contributed by atoms with Crippen LogP contribution in [-0.4, -0.2) is 10.2 Å². The van der Waals surface area contributed by atoms with Gasteiger partial charge in [0, 0.05) is 6.07 Å². The van der Waals surface area contributed by atoms with Gasteiger partial charge < -0.3 is 14.6 Å². The van der Waals surface area contributed by atoms with Crippen LogP contribution in [0.15, 0.2) is 21.5 Å². The van der Waals surface area contributed by atoms with Gasteiger partial charge in [-0.25, -0.2) is 0 Å². The van der Waals surface area contributed by atoms with Crippen molar-refractivity contribution in [3.63, 3.8) is 0 Å². The van der Waals surface area contributed by atoms with Crippen molar-refractivity contribution in [2.24, 2.45) is 0 Å². The predicted molar refractivity (Wildman–Crippen MR) is 41.9 cm³/mol. The molecule has 0 bridgehead atoms. The van der Waals surface area contributed by atoms with Crippen LogP contribution in [0.1, 0.15) is 25.2 Å². The van der Waals surface area contributed by atoms with E-state index in [4.69, 9.17) is 9.52 Å². The van der Waals surface area contributed by atoms with Crippen LogP contribution < -0.4 is 5.43 Å². The molecule has 0 aliphatic heterocycles. The minimum absolute atomic E-state index is 0.0648. The Bertz CT molecular complexity index is 315. The lowest BCUT2D eigenvalue weighted by Gasteiger charge is -2.06. The van der Waals surface area contributed by atoms with E-state index < -0.39 is 17.3 Å². The molecular weight excluding hydrogens is 160 g/mol. The van der Waals surface area contributed by atoms with Gasteiger partial charge in [0.05, 0.1) is 6.26 Å². The number of aliphatic hydroxyl groups is 1. The molecule has 1 heterocycles. The molecule has 0 amide bonds. The van der Waals surface area contributed by atoms with Crippen molar-refractivity contribution >= 4 is 0 Å². The zero-order valence-electron chi connectivity index (χ0n) is 6.65. The lowest BCUT2D eigenvalue weighted by atomic mass is 10.2. The Hall–Kier alpha value is -1.29. The molecule has 1 unspecified atom stereocenters. The molecule has 1 aromatic heterocycles. The first-order valence-electron chi connectivity index (χ1n) is 3.65. The van der Waals surface area contributed by atoms with Gasteiger partial charge in [0.25, 0.3) is 0 Å². The summed E-state index contributed by atoms with van der Waals surface area (Å²) in [5, 5.41) is 18.4. The Kier molecular flexibility index (Phi) is 2.50. The summed E-state index contributed by atoms with van der Waals surface area (Å²) in [7, 11) is 0. The number of hydrogen-bond donors (Lipinski definition) is 2. The zero-order valence-corrected chi connectivity index (χ0v) is 6.65. The van der Waals surface area contributed by atoms with Crippen LogP contribution in [0.2, 0.25) is 0 Å². The molecule has 66 valence electrons. The lowest BCUT2D eigenvalue weighted by molar-refractivity contribution is 0.137. The van der Waals surface area contributed by atoms with E-state index in [1.165, 1.54) is 0 Å². The predicted octanol–water partition coefficient (Wildman–Crippen LogP) is 0.789. The fourth-order valence-corrected chi connectivity index (χ4v) is 0.847. The van der Waals surface area contributed by atoms with Gasteiger partial charge in [-0.3, -0.25) is 4.79 Å². The largest absolute Gasteiger partial charge is 0.502 e. The molecule has 0 spiro atoms. The summed E-state index contributed by atoms with van der Waals surface area (Å²) in [4.78, 5) is 10.8. The lowest BCUT2D eigenvalue weighted by Crippen LogP contribution is -2.04. The van der Waals surface area contributed by atoms with E-state index in [2.05, 4.69) is 0 Å². The molecule has 0 radical (unpaired) electrons. The fourth-order valence-electron chi connectivity index (χ4n) is 0.847. The van der Waals surface area contributed by atoms with Crippen molar-refractivity contribution in [2.75, 3.05) is 0 Å². The van der Waals surface area contributed by atoms with Gasteiger partial charge in [0.2, 0.25) is 11.2 Å². The van der Waals surface area contributed by atoms with Crippen LogP contribution in [0.4, 0.5) is 0 Å². The van der Waals surface area contributed by atoms with Crippen LogP contribution in [0, 0.1) is 0 Å². The summed E-state index contributed by atoms with van der Waals surface area (Å²) >= 11 is 0. The van der Waals surface area contributed by atoms with E-state index in [0.717, 1.165) is 12.3 Å². The van der Waals surface area contributed by atoms with Crippen molar-refractivity contribution in [2.45, 2.75) is 19.4 Å². The minimum Gasteiger partial charge on any atom is -0.502 e. The van der Waals surface area contributed by atoms with Crippen molar-refractivity contribution in [3.05, 3.63) is 28.3 Å². The molecule has 0 aliphatic carbocycles. The van der Waals surface area contributed by atoms with Crippen molar-refractivity contribution in [3.8, 4) is 5.75 Å². The first-order chi connectivity index (χ1) is 5.66. The van der Waals surface area contributed by atoms with Crippen molar-refractivity contribution < 1.29 is 14.6 Å². The highest BCUT2D eigenvalue weighted by molar-refractivity contribution is 5.24. The SMILES string of the molecule is CCC(O)c1occc(=O)c1O. The van der Waals surface area contributed by atoms with E-state index in [0.29, 0.717) is 6.42 Å². The van der Waals surface area contributed by atoms with Crippen LogP contribution in [0.25, 0.3) is 0 Å². The highest BCUT2D eigenvalue weighted by Gasteiger charge is 2.14. The smallest absolute Gasteiger partial charge is 0.226 e. The Labute approximate surface area is 69.1 Å². The molecule has 0 fully saturated rings. The average Bonchev–Trinajstić information content (AvgIpc) is 2.08. The van der Waals surface area contributed by atoms with Crippen LogP contribution in [0.3, 0.4) is 0 Å². The molecule has 2 N–H and O–H groups in total. The van der Waals surface area contributed by atoms with E-state index >= 15 is 0 Å². The second-order valence-corrected chi connectivity index (χ2v) is 2.42. The zero-order chi connectivity index (χ0) is 9.14. The summed E-state index contributed by atoms with van der Waals surface area (Å²) < 4.78 is 4.79. The van der Waals surface area contributed by atoms with Crippen LogP contribution in [0.5, 0.6) is 5.75 Å². The summed E-state index contributed by atoms with van der Waals surface area (Å²) in [6.45, 7) is 1.72. The normalized spacial score (nSPS) is 12.8. The number of aliphatic hydroxyl groups excluding tert-OH is 1. The van der Waals surface area contributed by atoms with Gasteiger partial charge in [-0.05, 0) is 6.42 Å². The summed E-state index contributed by atoms with van der Waals surface area (Å²) in [6.07, 6.45) is 0.621. The fraction of sp³-hybridized carbons (Fsp3) is 0.375. The molecule has 1 aromatic rings. The molecule has 1 rings (SSSR count). The van der Waals surface area contributed by atoms with Gasteiger partial charge in [-0.1, -0.05) is 6.92 Å². The van der Waals surface area contributed by atoms with Crippen LogP contribution >= 0.6 is 0 Å². The third-order valence-electron chi connectivity index (χ3n) is 1.57. The number of aromatic hydroxyl groups is 1. The first kappa shape index (κ1) is 8.80. The van der Waals surface area contributed by atoms with Crippen molar-refractivity contribution in [1.82, 2.24) is 0 Å². The maximum Gasteiger partial charge on any atom is 0.226 e. The third kappa shape index (κ3) is 1.48. The molecule has 1 atom stereocenters. The summed E-state index contributed by atoms with van der Waals surface area (Å²) in [6, 6.07) is 1.10. The summed E-state index contributed by atoms with van der Waals surface area (Å²) in [5.74, 6) is -0.572. The Morgan fingerprint density at radius 1 is 1.67 bits per heavy atom. The standard InChI is InChI=1S/C8H10O4/c1-2-5(9)8-7(11)6(10)3-4-12-8/h3-5,9,11H,2H2,1H3. The maximum atomic E-state index is 10.8. The second-order valence-electron chi connectivity index (χ2n) is 2.42. The Balaban J connectivity index is 3.16. The molecule has 12 heavy (non-hydrogen) atoms. The first-order valence-corrected chi connectivity index (χ1v) is 3.65. The summed E-state index contributed by atoms with van der Waals surface area (Å²) in [5.41, 5.74) is -0.538. The molecule has 0 saturated carbocycles. The molecular formula is C8H10O4. The van der Waals surface area contributed by atoms with E-state index in [1.807, 2.05) is 0 Å². The highest BCUT2D eigenvalue weighted by atomic mass is 16.4. The Morgan fingerprint density at radius 2 is 2.33 bits per heavy atom. The monoisotopic (exact) mass is 170 g/mol. The molecule has 0 aromatic carbocycles. The molecule has 4 heteroatoms. The minimum atomic E-state index is -0.918. The molecule has 0 aliphatic rings. The molecule has 0 saturated heterocycles. The van der Waals surface area contributed by atoms with Crippen LogP contribution in [-0.2, 0) is 0 Å². The van der Waals surface area contributed by atoms with Gasteiger partial charge in [0.15, 0.2) is 5.76 Å². The van der Waals surface area contributed by atoms with E-state index in [-0.39, 0.29) is 5.76 Å². The maximum absolute atomic E-state index is 10.8. The third-order valence-corrected chi connectivity index (χ3v) is 1.57. The van der Waals surface area contributed by atoms with Gasteiger partial charge in [0.1, 0.15) is 6.10 Å². The van der Waals surface area contributed by atoms with Gasteiger partial charge >= 0.3 is 0 Å². The molecule has 4 nitrogen and oxygen atoms in total. The topological polar surface area (TPSA) is 70.7 Å². The second kappa shape index (κ2) is 3.40. The highest BCUT2D eigenvalue weighted by Crippen LogP contribution is 2.21. The number of hydrogen-bond acceptors (Lipinski definition) is 4. The van der Waals surface area contributed by atoms with Gasteiger partial charge in [-0.15, -0.1) is 0 Å². The van der Waals surface area contributed by atoms with Gasteiger partial charge in [-0.2, -0.15) is 0 Å². The Morgan fingerprint density at radius 3 is 2.92 bits per heavy atom. The van der Waals surface area contributed by atoms with Crippen molar-refractivity contribution in [1.29, 1.82) is 0 Å². The van der Waals surface area contributed by atoms with E-state index in [1.54, 1.807) is 6.92 Å². The number of rotatable bonds is 2. The quantitative estimate of drug-likeness (QED) is 0.688. The average molecular weight is 170 g/mol.